The Kier molecular flexibility index (Phi) is 8.05. The van der Waals surface area contributed by atoms with E-state index in [-0.39, 0.29) is 24.6 Å². The monoisotopic (exact) mass is 423 g/mol. The third-order valence-corrected chi connectivity index (χ3v) is 5.59. The fraction of sp³-hybridized carbons (Fsp3) is 0.375. The average molecular weight is 423 g/mol. The fourth-order valence-corrected chi connectivity index (χ4v) is 4.25. The number of carbonyl (C=O) groups is 3. The van der Waals surface area contributed by atoms with Crippen LogP contribution in [0.1, 0.15) is 18.9 Å². The molecular formula is C16H17N5O5S2. The molecule has 148 valence electrons. The van der Waals surface area contributed by atoms with Crippen molar-refractivity contribution in [2.75, 3.05) is 12.3 Å². The molecule has 1 unspecified atom stereocenters. The first-order valence-corrected chi connectivity index (χ1v) is 9.89. The molecule has 1 heterocycles. The SMILES string of the molecule is CC(=O)OC(CSc1nc2ccc(CNC(=O)CCN=[N+]=[N-])cc2s1)C(=O)O. The summed E-state index contributed by atoms with van der Waals surface area (Å²) in [5.74, 6) is -2.01. The van der Waals surface area contributed by atoms with Crippen LogP contribution in [0.2, 0.25) is 0 Å². The number of carbonyl (C=O) groups excluding carboxylic acids is 2. The zero-order chi connectivity index (χ0) is 20.5. The van der Waals surface area contributed by atoms with E-state index in [4.69, 9.17) is 15.4 Å². The summed E-state index contributed by atoms with van der Waals surface area (Å²) in [5.41, 5.74) is 9.83. The Morgan fingerprint density at radius 1 is 1.46 bits per heavy atom. The van der Waals surface area contributed by atoms with Crippen LogP contribution in [0.15, 0.2) is 27.7 Å². The lowest BCUT2D eigenvalue weighted by Crippen LogP contribution is -2.28. The van der Waals surface area contributed by atoms with Crippen molar-refractivity contribution in [1.82, 2.24) is 10.3 Å². The quantitative estimate of drug-likeness (QED) is 0.196. The second-order valence-electron chi connectivity index (χ2n) is 5.51. The van der Waals surface area contributed by atoms with Gasteiger partial charge in [0.25, 0.3) is 0 Å². The van der Waals surface area contributed by atoms with Gasteiger partial charge in [-0.15, -0.1) is 11.3 Å². The van der Waals surface area contributed by atoms with Crippen LogP contribution < -0.4 is 5.32 Å². The Hall–Kier alpha value is -2.82. The van der Waals surface area contributed by atoms with Crippen molar-refractivity contribution < 1.29 is 24.2 Å². The molecule has 0 saturated heterocycles. The van der Waals surface area contributed by atoms with Gasteiger partial charge in [-0.25, -0.2) is 9.78 Å². The standard InChI is InChI=1S/C16H17N5O5S2/c1-9(22)26-12(15(24)25)8-27-16-20-11-3-2-10(6-13(11)28-16)7-18-14(23)4-5-19-21-17/h2-3,6,12H,4-5,7-8H2,1H3,(H,18,23)(H,24,25). The lowest BCUT2D eigenvalue weighted by molar-refractivity contribution is -0.160. The zero-order valence-corrected chi connectivity index (χ0v) is 16.5. The lowest BCUT2D eigenvalue weighted by Gasteiger charge is -2.10. The Morgan fingerprint density at radius 3 is 2.93 bits per heavy atom. The highest BCUT2D eigenvalue weighted by molar-refractivity contribution is 8.01. The number of fused-ring (bicyclic) bond motifs is 1. The number of thioether (sulfide) groups is 1. The number of aliphatic carboxylic acids is 1. The van der Waals surface area contributed by atoms with Crippen LogP contribution in [0, 0.1) is 0 Å². The molecule has 0 fully saturated rings. The van der Waals surface area contributed by atoms with Crippen molar-refractivity contribution >= 4 is 51.2 Å². The second kappa shape index (κ2) is 10.5. The summed E-state index contributed by atoms with van der Waals surface area (Å²) in [6.07, 6.45) is -1.11. The van der Waals surface area contributed by atoms with Crippen LogP contribution in [0.3, 0.4) is 0 Å². The van der Waals surface area contributed by atoms with Gasteiger partial charge in [0.1, 0.15) is 0 Å². The maximum Gasteiger partial charge on any atom is 0.345 e. The first-order chi connectivity index (χ1) is 13.4. The molecule has 0 aliphatic rings. The maximum atomic E-state index is 11.6. The van der Waals surface area contributed by atoms with E-state index in [9.17, 15) is 14.4 Å². The number of hydrogen-bond acceptors (Lipinski definition) is 8. The Balaban J connectivity index is 1.96. The summed E-state index contributed by atoms with van der Waals surface area (Å²) in [7, 11) is 0. The predicted octanol–water partition coefficient (Wildman–Crippen LogP) is 2.72. The number of thiazole rings is 1. The van der Waals surface area contributed by atoms with Crippen molar-refractivity contribution in [2.24, 2.45) is 5.11 Å². The van der Waals surface area contributed by atoms with Crippen molar-refractivity contribution in [3.05, 3.63) is 34.2 Å². The molecule has 1 aromatic carbocycles. The molecule has 0 aliphatic carbocycles. The van der Waals surface area contributed by atoms with Crippen molar-refractivity contribution in [1.29, 1.82) is 0 Å². The Bertz CT molecular complexity index is 925. The van der Waals surface area contributed by atoms with E-state index in [0.29, 0.717) is 10.9 Å². The van der Waals surface area contributed by atoms with E-state index in [1.54, 1.807) is 0 Å². The third kappa shape index (κ3) is 6.72. The molecule has 1 atom stereocenters. The molecule has 0 aliphatic heterocycles. The Morgan fingerprint density at radius 2 is 2.25 bits per heavy atom. The predicted molar refractivity (Wildman–Crippen MR) is 104 cm³/mol. The van der Waals surface area contributed by atoms with Gasteiger partial charge in [-0.05, 0) is 23.2 Å². The first-order valence-electron chi connectivity index (χ1n) is 8.09. The van der Waals surface area contributed by atoms with Gasteiger partial charge in [0.2, 0.25) is 12.0 Å². The highest BCUT2D eigenvalue weighted by Gasteiger charge is 2.21. The van der Waals surface area contributed by atoms with Crippen molar-refractivity contribution in [2.45, 2.75) is 30.3 Å². The normalized spacial score (nSPS) is 11.5. The largest absolute Gasteiger partial charge is 0.478 e. The molecule has 10 nitrogen and oxygen atoms in total. The number of nitrogens with zero attached hydrogens (tertiary/aromatic N) is 4. The van der Waals surface area contributed by atoms with Crippen molar-refractivity contribution in [3.63, 3.8) is 0 Å². The Labute approximate surface area is 167 Å². The van der Waals surface area contributed by atoms with E-state index in [1.165, 1.54) is 23.1 Å². The van der Waals surface area contributed by atoms with Crippen LogP contribution in [-0.4, -0.2) is 46.3 Å². The fourth-order valence-electron chi connectivity index (χ4n) is 2.11. The number of benzene rings is 1. The van der Waals surface area contributed by atoms with Crippen molar-refractivity contribution in [3.8, 4) is 0 Å². The first kappa shape index (κ1) is 21.5. The lowest BCUT2D eigenvalue weighted by atomic mass is 10.2. The van der Waals surface area contributed by atoms with E-state index < -0.39 is 18.0 Å². The van der Waals surface area contributed by atoms with E-state index in [2.05, 4.69) is 20.3 Å². The molecule has 1 amide bonds. The third-order valence-electron chi connectivity index (χ3n) is 3.37. The van der Waals surface area contributed by atoms with Gasteiger partial charge >= 0.3 is 11.9 Å². The average Bonchev–Trinajstić information content (AvgIpc) is 3.05. The maximum absolute atomic E-state index is 11.6. The van der Waals surface area contributed by atoms with Gasteiger partial charge in [-0.3, -0.25) is 9.59 Å². The minimum absolute atomic E-state index is 0.0584. The van der Waals surface area contributed by atoms with E-state index >= 15 is 0 Å². The summed E-state index contributed by atoms with van der Waals surface area (Å²) in [5, 5.41) is 15.1. The van der Waals surface area contributed by atoms with Gasteiger partial charge in [0.15, 0.2) is 4.34 Å². The minimum atomic E-state index is -1.23. The van der Waals surface area contributed by atoms with Gasteiger partial charge in [0, 0.05) is 37.1 Å². The second-order valence-corrected chi connectivity index (χ2v) is 7.81. The number of ether oxygens (including phenoxy) is 1. The zero-order valence-electron chi connectivity index (χ0n) is 14.8. The smallest absolute Gasteiger partial charge is 0.345 e. The van der Waals surface area contributed by atoms with Gasteiger partial charge in [-0.1, -0.05) is 22.9 Å². The topological polar surface area (TPSA) is 154 Å². The van der Waals surface area contributed by atoms with E-state index in [0.717, 1.165) is 22.7 Å². The number of amides is 1. The molecule has 2 N–H and O–H groups in total. The molecule has 0 radical (unpaired) electrons. The number of aromatic nitrogens is 1. The summed E-state index contributed by atoms with van der Waals surface area (Å²) >= 11 is 2.59. The van der Waals surface area contributed by atoms with Crippen LogP contribution in [-0.2, 0) is 25.7 Å². The molecule has 1 aromatic heterocycles. The summed E-state index contributed by atoms with van der Waals surface area (Å²) < 4.78 is 6.31. The van der Waals surface area contributed by atoms with Crippen LogP contribution in [0.25, 0.3) is 20.7 Å². The number of carboxylic acid groups (broad SMARTS) is 1. The number of rotatable bonds is 10. The summed E-state index contributed by atoms with van der Waals surface area (Å²) in [6.45, 7) is 1.61. The van der Waals surface area contributed by atoms with Gasteiger partial charge in [-0.2, -0.15) is 0 Å². The number of esters is 1. The van der Waals surface area contributed by atoms with Crippen LogP contribution >= 0.6 is 23.1 Å². The van der Waals surface area contributed by atoms with E-state index in [1.807, 2.05) is 18.2 Å². The van der Waals surface area contributed by atoms with Gasteiger partial charge in [0.05, 0.1) is 10.2 Å². The number of carboxylic acids is 1. The number of azide groups is 1. The molecule has 2 aromatic rings. The van der Waals surface area contributed by atoms with Gasteiger partial charge < -0.3 is 15.2 Å². The molecular weight excluding hydrogens is 406 g/mol. The van der Waals surface area contributed by atoms with Crippen LogP contribution in [0.5, 0.6) is 0 Å². The molecule has 28 heavy (non-hydrogen) atoms. The molecule has 0 saturated carbocycles. The highest BCUT2D eigenvalue weighted by Crippen LogP contribution is 2.30. The molecule has 12 heteroatoms. The molecule has 0 spiro atoms. The summed E-state index contributed by atoms with van der Waals surface area (Å²) in [4.78, 5) is 40.8. The van der Waals surface area contributed by atoms with Crippen LogP contribution in [0.4, 0.5) is 0 Å². The number of nitrogens with one attached hydrogen (secondary N) is 1. The summed E-state index contributed by atoms with van der Waals surface area (Å²) in [6, 6.07) is 5.55. The number of hydrogen-bond donors (Lipinski definition) is 2. The molecule has 0 bridgehead atoms. The molecule has 2 rings (SSSR count). The highest BCUT2D eigenvalue weighted by atomic mass is 32.2. The minimum Gasteiger partial charge on any atom is -0.478 e.